The summed E-state index contributed by atoms with van der Waals surface area (Å²) in [5, 5.41) is 2.08. The number of carbonyl (C=O) groups is 2. The van der Waals surface area contributed by atoms with Gasteiger partial charge in [-0.15, -0.1) is 0 Å². The van der Waals surface area contributed by atoms with Crippen LogP contribution in [0.3, 0.4) is 0 Å². The van der Waals surface area contributed by atoms with E-state index in [9.17, 15) is 22.8 Å². The first-order chi connectivity index (χ1) is 14.2. The van der Waals surface area contributed by atoms with E-state index in [0.717, 1.165) is 6.07 Å². The van der Waals surface area contributed by atoms with Crippen LogP contribution in [0.2, 0.25) is 5.02 Å². The molecular formula is C21H16ClF3N2O3. The van der Waals surface area contributed by atoms with Gasteiger partial charge in [0.25, 0.3) is 5.91 Å². The van der Waals surface area contributed by atoms with Crippen LogP contribution in [-0.4, -0.2) is 16.4 Å². The van der Waals surface area contributed by atoms with Crippen LogP contribution in [0.1, 0.15) is 27.7 Å². The molecule has 1 heterocycles. The van der Waals surface area contributed by atoms with Gasteiger partial charge in [-0.25, -0.2) is 4.79 Å². The molecule has 0 bridgehead atoms. The third-order valence-corrected chi connectivity index (χ3v) is 4.50. The monoisotopic (exact) mass is 436 g/mol. The second kappa shape index (κ2) is 8.62. The smallest absolute Gasteiger partial charge is 0.418 e. The van der Waals surface area contributed by atoms with Crippen LogP contribution >= 0.6 is 11.6 Å². The number of hydrogen-bond acceptors (Lipinski definition) is 3. The van der Waals surface area contributed by atoms with Crippen LogP contribution in [0.4, 0.5) is 18.9 Å². The number of nitrogens with one attached hydrogen (secondary N) is 1. The van der Waals surface area contributed by atoms with E-state index in [1.165, 1.54) is 28.8 Å². The van der Waals surface area contributed by atoms with E-state index in [1.807, 2.05) is 0 Å². The summed E-state index contributed by atoms with van der Waals surface area (Å²) >= 11 is 5.67. The number of halogens is 4. The standard InChI is InChI=1S/C21H16ClF3N2O3/c1-27-11-5-8-17(27)20(29)30-18(13-6-3-2-4-7-13)19(28)26-16-10-9-14(22)12-15(16)21(23,24)25/h2-12,18H,1H3,(H,26,28)/t18-/m0/s1. The molecule has 0 aliphatic rings. The SMILES string of the molecule is Cn1cccc1C(=O)O[C@H](C(=O)Nc1ccc(Cl)cc1C(F)(F)F)c1ccccc1. The minimum Gasteiger partial charge on any atom is -0.443 e. The van der Waals surface area contributed by atoms with Crippen molar-refractivity contribution in [1.29, 1.82) is 0 Å². The molecule has 0 unspecified atom stereocenters. The molecule has 3 rings (SSSR count). The summed E-state index contributed by atoms with van der Waals surface area (Å²) in [5.74, 6) is -1.73. The number of amides is 1. The van der Waals surface area contributed by atoms with Gasteiger partial charge in [-0.3, -0.25) is 4.79 Å². The van der Waals surface area contributed by atoms with Crippen molar-refractivity contribution in [2.75, 3.05) is 5.32 Å². The van der Waals surface area contributed by atoms with E-state index < -0.39 is 35.4 Å². The van der Waals surface area contributed by atoms with E-state index >= 15 is 0 Å². The molecule has 1 amide bonds. The molecule has 30 heavy (non-hydrogen) atoms. The summed E-state index contributed by atoms with van der Waals surface area (Å²) in [6.45, 7) is 0. The summed E-state index contributed by atoms with van der Waals surface area (Å²) in [6, 6.07) is 14.1. The summed E-state index contributed by atoms with van der Waals surface area (Å²) in [4.78, 5) is 25.4. The molecule has 156 valence electrons. The number of benzene rings is 2. The lowest BCUT2D eigenvalue weighted by molar-refractivity contribution is -0.137. The molecule has 1 aromatic heterocycles. The highest BCUT2D eigenvalue weighted by molar-refractivity contribution is 6.30. The van der Waals surface area contributed by atoms with Crippen LogP contribution < -0.4 is 5.32 Å². The van der Waals surface area contributed by atoms with Gasteiger partial charge in [-0.2, -0.15) is 13.2 Å². The fraction of sp³-hybridized carbons (Fsp3) is 0.143. The molecule has 0 saturated heterocycles. The zero-order valence-corrected chi connectivity index (χ0v) is 16.4. The maximum Gasteiger partial charge on any atom is 0.418 e. The number of carbonyl (C=O) groups excluding carboxylic acids is 2. The van der Waals surface area contributed by atoms with Crippen molar-refractivity contribution < 1.29 is 27.5 Å². The minimum atomic E-state index is -4.74. The molecule has 5 nitrogen and oxygen atoms in total. The van der Waals surface area contributed by atoms with E-state index in [1.54, 1.807) is 37.5 Å². The maximum absolute atomic E-state index is 13.3. The highest BCUT2D eigenvalue weighted by Crippen LogP contribution is 2.37. The Kier molecular flexibility index (Phi) is 6.17. The number of alkyl halides is 3. The third kappa shape index (κ3) is 4.83. The molecule has 9 heteroatoms. The lowest BCUT2D eigenvalue weighted by Gasteiger charge is -2.20. The van der Waals surface area contributed by atoms with Crippen molar-refractivity contribution in [3.8, 4) is 0 Å². The van der Waals surface area contributed by atoms with Gasteiger partial charge < -0.3 is 14.6 Å². The first kappa shape index (κ1) is 21.4. The Balaban J connectivity index is 1.92. The molecule has 0 spiro atoms. The van der Waals surface area contributed by atoms with E-state index in [0.29, 0.717) is 11.6 Å². The highest BCUT2D eigenvalue weighted by Gasteiger charge is 2.35. The topological polar surface area (TPSA) is 60.3 Å². The normalized spacial score (nSPS) is 12.3. The lowest BCUT2D eigenvalue weighted by Crippen LogP contribution is -2.27. The van der Waals surface area contributed by atoms with E-state index in [-0.39, 0.29) is 10.7 Å². The molecule has 1 atom stereocenters. The third-order valence-electron chi connectivity index (χ3n) is 4.26. The predicted octanol–water partition coefficient (Wildman–Crippen LogP) is 5.23. The number of aryl methyl sites for hydroxylation is 1. The summed E-state index contributed by atoms with van der Waals surface area (Å²) < 4.78 is 46.9. The molecule has 0 fully saturated rings. The van der Waals surface area contributed by atoms with Crippen molar-refractivity contribution in [2.45, 2.75) is 12.3 Å². The highest BCUT2D eigenvalue weighted by atomic mass is 35.5. The lowest BCUT2D eigenvalue weighted by atomic mass is 10.1. The van der Waals surface area contributed by atoms with Crippen LogP contribution in [-0.2, 0) is 22.8 Å². The average Bonchev–Trinajstić information content (AvgIpc) is 3.13. The molecule has 0 aliphatic carbocycles. The van der Waals surface area contributed by atoms with Gasteiger partial charge in [0.2, 0.25) is 6.10 Å². The summed E-state index contributed by atoms with van der Waals surface area (Å²) in [7, 11) is 1.62. The van der Waals surface area contributed by atoms with Crippen molar-refractivity contribution in [3.05, 3.63) is 88.7 Å². The number of esters is 1. The van der Waals surface area contributed by atoms with E-state index in [4.69, 9.17) is 16.3 Å². The van der Waals surface area contributed by atoms with Crippen molar-refractivity contribution >= 4 is 29.2 Å². The quantitative estimate of drug-likeness (QED) is 0.557. The Hall–Kier alpha value is -3.26. The Morgan fingerprint density at radius 1 is 1.07 bits per heavy atom. The second-order valence-electron chi connectivity index (χ2n) is 6.38. The molecule has 0 radical (unpaired) electrons. The Bertz CT molecular complexity index is 1060. The number of rotatable bonds is 5. The fourth-order valence-corrected chi connectivity index (χ4v) is 2.97. The van der Waals surface area contributed by atoms with Gasteiger partial charge in [-0.1, -0.05) is 41.9 Å². The van der Waals surface area contributed by atoms with Gasteiger partial charge >= 0.3 is 12.1 Å². The number of anilines is 1. The summed E-state index contributed by atoms with van der Waals surface area (Å²) in [5.41, 5.74) is -1.11. The predicted molar refractivity (Wildman–Crippen MR) is 105 cm³/mol. The molecule has 1 N–H and O–H groups in total. The van der Waals surface area contributed by atoms with Crippen LogP contribution in [0.5, 0.6) is 0 Å². The number of hydrogen-bond donors (Lipinski definition) is 1. The largest absolute Gasteiger partial charge is 0.443 e. The Labute approximate surface area is 175 Å². The maximum atomic E-state index is 13.3. The zero-order chi connectivity index (χ0) is 21.9. The minimum absolute atomic E-state index is 0.130. The number of ether oxygens (including phenoxy) is 1. The Morgan fingerprint density at radius 2 is 1.77 bits per heavy atom. The molecule has 2 aromatic carbocycles. The van der Waals surface area contributed by atoms with Gasteiger partial charge in [0, 0.05) is 23.8 Å². The van der Waals surface area contributed by atoms with E-state index in [2.05, 4.69) is 5.32 Å². The van der Waals surface area contributed by atoms with Crippen molar-refractivity contribution in [1.82, 2.24) is 4.57 Å². The zero-order valence-electron chi connectivity index (χ0n) is 15.6. The van der Waals surface area contributed by atoms with Gasteiger partial charge in [0.15, 0.2) is 0 Å². The fourth-order valence-electron chi connectivity index (χ4n) is 2.80. The first-order valence-electron chi connectivity index (χ1n) is 8.71. The van der Waals surface area contributed by atoms with Crippen LogP contribution in [0.15, 0.2) is 66.9 Å². The molecular weight excluding hydrogens is 421 g/mol. The van der Waals surface area contributed by atoms with Gasteiger partial charge in [-0.05, 0) is 30.3 Å². The number of nitrogens with zero attached hydrogens (tertiary/aromatic N) is 1. The molecule has 3 aromatic rings. The summed E-state index contributed by atoms with van der Waals surface area (Å²) in [6.07, 6.45) is -4.59. The number of aromatic nitrogens is 1. The second-order valence-corrected chi connectivity index (χ2v) is 6.81. The average molecular weight is 437 g/mol. The van der Waals surface area contributed by atoms with Gasteiger partial charge in [0.1, 0.15) is 5.69 Å². The Morgan fingerprint density at radius 3 is 2.37 bits per heavy atom. The van der Waals surface area contributed by atoms with Gasteiger partial charge in [0.05, 0.1) is 11.3 Å². The van der Waals surface area contributed by atoms with Crippen LogP contribution in [0.25, 0.3) is 0 Å². The molecule has 0 saturated carbocycles. The molecule has 0 aliphatic heterocycles. The van der Waals surface area contributed by atoms with Crippen molar-refractivity contribution in [2.24, 2.45) is 7.05 Å². The van der Waals surface area contributed by atoms with Crippen molar-refractivity contribution in [3.63, 3.8) is 0 Å². The first-order valence-corrected chi connectivity index (χ1v) is 9.09. The van der Waals surface area contributed by atoms with Crippen LogP contribution in [0, 0.1) is 0 Å².